The van der Waals surface area contributed by atoms with Gasteiger partial charge < -0.3 is 15.2 Å². The second-order valence-corrected chi connectivity index (χ2v) is 5.41. The van der Waals surface area contributed by atoms with E-state index in [4.69, 9.17) is 10.5 Å². The van der Waals surface area contributed by atoms with Crippen molar-refractivity contribution in [1.82, 2.24) is 0 Å². The van der Waals surface area contributed by atoms with E-state index in [1.165, 1.54) is 18.2 Å². The van der Waals surface area contributed by atoms with Crippen molar-refractivity contribution in [2.75, 3.05) is 0 Å². The van der Waals surface area contributed by atoms with Crippen molar-refractivity contribution < 1.29 is 32.2 Å². The summed E-state index contributed by atoms with van der Waals surface area (Å²) in [6.07, 6.45) is -6.27. The summed E-state index contributed by atoms with van der Waals surface area (Å²) in [7, 11) is 0. The van der Waals surface area contributed by atoms with Crippen molar-refractivity contribution in [3.05, 3.63) is 71.3 Å². The fourth-order valence-corrected chi connectivity index (χ4v) is 2.20. The maximum absolute atomic E-state index is 12.9. The summed E-state index contributed by atoms with van der Waals surface area (Å²) in [4.78, 5) is 23.3. The standard InChI is InChI=1S/C18H16F3NO4/c19-18(20,21)14-9-5-4-8-13(14)10-15(22)16(23)26-17(24)25-11-12-6-2-1-3-7-12/h1-9,15H,10-11,22H2/t15-/m0/s1. The summed E-state index contributed by atoms with van der Waals surface area (Å²) in [5.41, 5.74) is 5.19. The van der Waals surface area contributed by atoms with Crippen LogP contribution >= 0.6 is 0 Å². The van der Waals surface area contributed by atoms with E-state index in [0.29, 0.717) is 5.56 Å². The first kappa shape index (κ1) is 19.5. The van der Waals surface area contributed by atoms with Gasteiger partial charge in [-0.25, -0.2) is 9.59 Å². The highest BCUT2D eigenvalue weighted by atomic mass is 19.4. The van der Waals surface area contributed by atoms with Gasteiger partial charge in [-0.3, -0.25) is 0 Å². The molecule has 0 bridgehead atoms. The summed E-state index contributed by atoms with van der Waals surface area (Å²) in [5.74, 6) is -1.17. The van der Waals surface area contributed by atoms with Gasteiger partial charge in [0, 0.05) is 0 Å². The van der Waals surface area contributed by atoms with E-state index in [-0.39, 0.29) is 12.2 Å². The minimum absolute atomic E-state index is 0.112. The number of carbonyl (C=O) groups is 2. The van der Waals surface area contributed by atoms with Crippen molar-refractivity contribution in [2.24, 2.45) is 5.73 Å². The molecule has 0 aliphatic carbocycles. The monoisotopic (exact) mass is 367 g/mol. The lowest BCUT2D eigenvalue weighted by atomic mass is 10.0. The van der Waals surface area contributed by atoms with Crippen LogP contribution in [-0.4, -0.2) is 18.2 Å². The van der Waals surface area contributed by atoms with Crippen molar-refractivity contribution in [1.29, 1.82) is 0 Å². The molecule has 0 aromatic heterocycles. The summed E-state index contributed by atoms with van der Waals surface area (Å²) in [6, 6.07) is 12.0. The van der Waals surface area contributed by atoms with Crippen molar-refractivity contribution in [3.8, 4) is 0 Å². The van der Waals surface area contributed by atoms with Gasteiger partial charge in [0.25, 0.3) is 0 Å². The zero-order chi connectivity index (χ0) is 19.2. The number of ether oxygens (including phenoxy) is 2. The largest absolute Gasteiger partial charge is 0.516 e. The normalized spacial score (nSPS) is 12.3. The third-order valence-corrected chi connectivity index (χ3v) is 3.45. The molecule has 0 heterocycles. The number of carbonyl (C=O) groups excluding carboxylic acids is 2. The molecule has 2 N–H and O–H groups in total. The summed E-state index contributed by atoms with van der Waals surface area (Å²) in [5, 5.41) is 0. The second kappa shape index (κ2) is 8.48. The van der Waals surface area contributed by atoms with Crippen LogP contribution in [0.2, 0.25) is 0 Å². The van der Waals surface area contributed by atoms with Crippen LogP contribution in [0.1, 0.15) is 16.7 Å². The summed E-state index contributed by atoms with van der Waals surface area (Å²) in [6.45, 7) is -0.112. The summed E-state index contributed by atoms with van der Waals surface area (Å²) >= 11 is 0. The molecule has 0 spiro atoms. The maximum atomic E-state index is 12.9. The molecule has 0 saturated heterocycles. The highest BCUT2D eigenvalue weighted by Crippen LogP contribution is 2.32. The van der Waals surface area contributed by atoms with Gasteiger partial charge in [0.2, 0.25) is 0 Å². The minimum atomic E-state index is -4.57. The molecular weight excluding hydrogens is 351 g/mol. The van der Waals surface area contributed by atoms with Crippen LogP contribution in [0.15, 0.2) is 54.6 Å². The minimum Gasteiger partial charge on any atom is -0.429 e. The van der Waals surface area contributed by atoms with Crippen LogP contribution in [0.3, 0.4) is 0 Å². The highest BCUT2D eigenvalue weighted by molar-refractivity contribution is 5.85. The topological polar surface area (TPSA) is 78.6 Å². The van der Waals surface area contributed by atoms with E-state index in [2.05, 4.69) is 4.74 Å². The molecule has 0 amide bonds. The van der Waals surface area contributed by atoms with Crippen LogP contribution < -0.4 is 5.73 Å². The van der Waals surface area contributed by atoms with Gasteiger partial charge in [0.15, 0.2) is 0 Å². The fraction of sp³-hybridized carbons (Fsp3) is 0.222. The first-order valence-corrected chi connectivity index (χ1v) is 7.60. The van der Waals surface area contributed by atoms with Crippen molar-refractivity contribution in [2.45, 2.75) is 25.2 Å². The Kier molecular flexibility index (Phi) is 6.35. The lowest BCUT2D eigenvalue weighted by Gasteiger charge is -2.15. The van der Waals surface area contributed by atoms with Gasteiger partial charge in [-0.15, -0.1) is 0 Å². The highest BCUT2D eigenvalue weighted by Gasteiger charge is 2.34. The number of alkyl halides is 3. The molecule has 138 valence electrons. The van der Waals surface area contributed by atoms with E-state index in [1.54, 1.807) is 30.3 Å². The first-order chi connectivity index (χ1) is 12.3. The van der Waals surface area contributed by atoms with Crippen LogP contribution in [0.5, 0.6) is 0 Å². The number of hydrogen-bond acceptors (Lipinski definition) is 5. The van der Waals surface area contributed by atoms with Gasteiger partial charge in [-0.05, 0) is 23.6 Å². The van der Waals surface area contributed by atoms with Gasteiger partial charge in [0.1, 0.15) is 12.6 Å². The number of hydrogen-bond donors (Lipinski definition) is 1. The van der Waals surface area contributed by atoms with E-state index < -0.39 is 36.3 Å². The molecule has 5 nitrogen and oxygen atoms in total. The van der Waals surface area contributed by atoms with Crippen LogP contribution in [0, 0.1) is 0 Å². The molecule has 0 radical (unpaired) electrons. The molecular formula is C18H16F3NO4. The third kappa shape index (κ3) is 5.59. The number of rotatable bonds is 5. The number of halogens is 3. The Morgan fingerprint density at radius 1 is 1.00 bits per heavy atom. The SMILES string of the molecule is N[C@@H](Cc1ccccc1C(F)(F)F)C(=O)OC(=O)OCc1ccccc1. The lowest BCUT2D eigenvalue weighted by Crippen LogP contribution is -2.36. The fourth-order valence-electron chi connectivity index (χ4n) is 2.20. The van der Waals surface area contributed by atoms with E-state index in [1.807, 2.05) is 0 Å². The van der Waals surface area contributed by atoms with Gasteiger partial charge in [-0.2, -0.15) is 13.2 Å². The molecule has 26 heavy (non-hydrogen) atoms. The average Bonchev–Trinajstić information content (AvgIpc) is 2.60. The smallest absolute Gasteiger partial charge is 0.429 e. The Balaban J connectivity index is 1.91. The number of benzene rings is 2. The molecule has 0 unspecified atom stereocenters. The van der Waals surface area contributed by atoms with Crippen LogP contribution in [0.4, 0.5) is 18.0 Å². The van der Waals surface area contributed by atoms with Crippen LogP contribution in [-0.2, 0) is 33.5 Å². The molecule has 1 atom stereocenters. The lowest BCUT2D eigenvalue weighted by molar-refractivity contribution is -0.142. The van der Waals surface area contributed by atoms with Crippen molar-refractivity contribution in [3.63, 3.8) is 0 Å². The molecule has 0 saturated carbocycles. The second-order valence-electron chi connectivity index (χ2n) is 5.41. The molecule has 8 heteroatoms. The quantitative estimate of drug-likeness (QED) is 0.647. The predicted octanol–water partition coefficient (Wildman–Crippen LogP) is 3.46. The summed E-state index contributed by atoms with van der Waals surface area (Å²) < 4.78 is 48.0. The van der Waals surface area contributed by atoms with Crippen molar-refractivity contribution >= 4 is 12.1 Å². The molecule has 2 aromatic carbocycles. The van der Waals surface area contributed by atoms with Gasteiger partial charge >= 0.3 is 18.3 Å². The molecule has 0 aliphatic rings. The first-order valence-electron chi connectivity index (χ1n) is 7.60. The van der Waals surface area contributed by atoms with Gasteiger partial charge in [0.05, 0.1) is 5.56 Å². The number of nitrogens with two attached hydrogens (primary N) is 1. The zero-order valence-electron chi connectivity index (χ0n) is 13.5. The third-order valence-electron chi connectivity index (χ3n) is 3.45. The van der Waals surface area contributed by atoms with E-state index in [9.17, 15) is 22.8 Å². The maximum Gasteiger partial charge on any atom is 0.516 e. The van der Waals surface area contributed by atoms with E-state index >= 15 is 0 Å². The Bertz CT molecular complexity index is 763. The van der Waals surface area contributed by atoms with E-state index in [0.717, 1.165) is 6.07 Å². The molecule has 0 fully saturated rings. The average molecular weight is 367 g/mol. The Hall–Kier alpha value is -2.87. The molecule has 2 aromatic rings. The van der Waals surface area contributed by atoms with Crippen LogP contribution in [0.25, 0.3) is 0 Å². The Labute approximate surface area is 147 Å². The Morgan fingerprint density at radius 2 is 1.62 bits per heavy atom. The molecule has 2 rings (SSSR count). The zero-order valence-corrected chi connectivity index (χ0v) is 13.5. The Morgan fingerprint density at radius 3 is 2.27 bits per heavy atom. The van der Waals surface area contributed by atoms with Gasteiger partial charge in [-0.1, -0.05) is 48.5 Å². The predicted molar refractivity (Wildman–Crippen MR) is 85.8 cm³/mol. The molecule has 0 aliphatic heterocycles. The number of esters is 1.